The average Bonchev–Trinajstić information content (AvgIpc) is 2.99. The number of carbonyl (C=O) groups is 2. The highest BCUT2D eigenvalue weighted by molar-refractivity contribution is 7.92. The number of hydrogen-bond donors (Lipinski definition) is 1. The number of hydrogen-bond acceptors (Lipinski definition) is 6. The molecule has 226 valence electrons. The second kappa shape index (κ2) is 15.1. The van der Waals surface area contributed by atoms with Crippen molar-refractivity contribution in [2.75, 3.05) is 31.6 Å². The molecule has 1 N–H and O–H groups in total. The molecule has 9 nitrogen and oxygen atoms in total. The fourth-order valence-electron chi connectivity index (χ4n) is 4.36. The monoisotopic (exact) mass is 635 g/mol. The summed E-state index contributed by atoms with van der Waals surface area (Å²) in [5.74, 6) is -0.450. The van der Waals surface area contributed by atoms with Crippen LogP contribution in [0.2, 0.25) is 10.0 Å². The van der Waals surface area contributed by atoms with Gasteiger partial charge in [0.2, 0.25) is 11.8 Å². The number of sulfonamides is 1. The van der Waals surface area contributed by atoms with Crippen LogP contribution in [0.15, 0.2) is 71.6 Å². The number of halogens is 2. The lowest BCUT2D eigenvalue weighted by Crippen LogP contribution is -2.52. The van der Waals surface area contributed by atoms with Crippen LogP contribution in [-0.4, -0.2) is 58.5 Å². The summed E-state index contributed by atoms with van der Waals surface area (Å²) < 4.78 is 40.0. The maximum Gasteiger partial charge on any atom is 0.264 e. The van der Waals surface area contributed by atoms with E-state index in [0.717, 1.165) is 4.31 Å². The van der Waals surface area contributed by atoms with Gasteiger partial charge in [-0.3, -0.25) is 13.9 Å². The number of nitrogens with zero attached hydrogens (tertiary/aromatic N) is 2. The minimum Gasteiger partial charge on any atom is -0.497 e. The number of ether oxygens (including phenoxy) is 2. The van der Waals surface area contributed by atoms with Crippen molar-refractivity contribution in [2.24, 2.45) is 0 Å². The Kier molecular flexibility index (Phi) is 11.9. The summed E-state index contributed by atoms with van der Waals surface area (Å²) in [6.07, 6.45) is 0.961. The number of amides is 2. The van der Waals surface area contributed by atoms with Crippen molar-refractivity contribution in [1.82, 2.24) is 10.2 Å². The number of rotatable bonds is 14. The smallest absolute Gasteiger partial charge is 0.264 e. The van der Waals surface area contributed by atoms with E-state index >= 15 is 0 Å². The van der Waals surface area contributed by atoms with Crippen LogP contribution in [0.1, 0.15) is 32.3 Å². The van der Waals surface area contributed by atoms with Gasteiger partial charge in [-0.25, -0.2) is 8.42 Å². The molecule has 0 aliphatic carbocycles. The van der Waals surface area contributed by atoms with Crippen LogP contribution >= 0.6 is 23.2 Å². The first-order valence-electron chi connectivity index (χ1n) is 13.4. The maximum atomic E-state index is 14.2. The fourth-order valence-corrected chi connectivity index (χ4v) is 6.32. The van der Waals surface area contributed by atoms with Crippen molar-refractivity contribution in [1.29, 1.82) is 0 Å². The van der Waals surface area contributed by atoms with Crippen LogP contribution in [0.25, 0.3) is 0 Å². The lowest BCUT2D eigenvalue weighted by molar-refractivity contribution is -0.140. The van der Waals surface area contributed by atoms with Gasteiger partial charge >= 0.3 is 0 Å². The van der Waals surface area contributed by atoms with Crippen molar-refractivity contribution < 1.29 is 27.5 Å². The summed E-state index contributed by atoms with van der Waals surface area (Å²) in [5.41, 5.74) is 0.528. The first kappa shape index (κ1) is 33.0. The van der Waals surface area contributed by atoms with Gasteiger partial charge in [0.15, 0.2) is 0 Å². The molecule has 0 unspecified atom stereocenters. The van der Waals surface area contributed by atoms with Crippen LogP contribution in [0.4, 0.5) is 5.69 Å². The van der Waals surface area contributed by atoms with E-state index in [1.165, 1.54) is 37.3 Å². The molecule has 2 amide bonds. The van der Waals surface area contributed by atoms with Crippen LogP contribution in [-0.2, 0) is 26.2 Å². The van der Waals surface area contributed by atoms with Crippen molar-refractivity contribution in [2.45, 2.75) is 44.2 Å². The number of anilines is 1. The van der Waals surface area contributed by atoms with Crippen molar-refractivity contribution in [3.05, 3.63) is 82.3 Å². The first-order valence-corrected chi connectivity index (χ1v) is 15.6. The molecule has 0 radical (unpaired) electrons. The summed E-state index contributed by atoms with van der Waals surface area (Å²) in [5, 5.41) is 3.47. The van der Waals surface area contributed by atoms with E-state index in [9.17, 15) is 18.0 Å². The lowest BCUT2D eigenvalue weighted by atomic mass is 10.1. The first-order chi connectivity index (χ1) is 20.1. The second-order valence-electron chi connectivity index (χ2n) is 9.30. The quantitative estimate of drug-likeness (QED) is 0.249. The highest BCUT2D eigenvalue weighted by Crippen LogP contribution is 2.36. The molecular formula is C30H35Cl2N3O6S. The Morgan fingerprint density at radius 2 is 1.60 bits per heavy atom. The van der Waals surface area contributed by atoms with Gasteiger partial charge in [-0.15, -0.1) is 0 Å². The molecule has 0 aliphatic heterocycles. The third-order valence-electron chi connectivity index (χ3n) is 6.59. The van der Waals surface area contributed by atoms with E-state index in [1.807, 2.05) is 6.92 Å². The van der Waals surface area contributed by atoms with Crippen LogP contribution in [0.5, 0.6) is 11.5 Å². The second-order valence-corrected chi connectivity index (χ2v) is 12.0. The van der Waals surface area contributed by atoms with Crippen molar-refractivity contribution in [3.8, 4) is 11.5 Å². The van der Waals surface area contributed by atoms with Gasteiger partial charge in [0.25, 0.3) is 10.0 Å². The highest BCUT2D eigenvalue weighted by Gasteiger charge is 2.35. The fraction of sp³-hybridized carbons (Fsp3) is 0.333. The molecular weight excluding hydrogens is 601 g/mol. The zero-order valence-corrected chi connectivity index (χ0v) is 26.3. The molecule has 0 fully saturated rings. The number of carbonyl (C=O) groups excluding carboxylic acids is 2. The van der Waals surface area contributed by atoms with Gasteiger partial charge in [0.05, 0.1) is 24.8 Å². The predicted molar refractivity (Wildman–Crippen MR) is 165 cm³/mol. The van der Waals surface area contributed by atoms with Gasteiger partial charge in [0.1, 0.15) is 24.1 Å². The molecule has 42 heavy (non-hydrogen) atoms. The Balaban J connectivity index is 2.17. The van der Waals surface area contributed by atoms with E-state index in [-0.39, 0.29) is 35.2 Å². The molecule has 12 heteroatoms. The molecule has 0 saturated heterocycles. The molecule has 0 aliphatic rings. The molecule has 0 spiro atoms. The minimum absolute atomic E-state index is 0.0314. The molecule has 1 atom stereocenters. The lowest BCUT2D eigenvalue weighted by Gasteiger charge is -2.34. The van der Waals surface area contributed by atoms with Crippen LogP contribution in [0.3, 0.4) is 0 Å². The zero-order chi connectivity index (χ0) is 30.9. The summed E-state index contributed by atoms with van der Waals surface area (Å²) in [6, 6.07) is 16.4. The van der Waals surface area contributed by atoms with Gasteiger partial charge in [-0.05, 0) is 49.2 Å². The Morgan fingerprint density at radius 1 is 0.929 bits per heavy atom. The Hall–Kier alpha value is -3.47. The third kappa shape index (κ3) is 7.67. The molecule has 0 bridgehead atoms. The van der Waals surface area contributed by atoms with Gasteiger partial charge < -0.3 is 19.7 Å². The molecule has 3 rings (SSSR count). The number of nitrogens with one attached hydrogen (secondary N) is 1. The molecule has 3 aromatic rings. The predicted octanol–water partition coefficient (Wildman–Crippen LogP) is 5.54. The van der Waals surface area contributed by atoms with Crippen LogP contribution in [0, 0.1) is 0 Å². The molecule has 0 saturated carbocycles. The largest absolute Gasteiger partial charge is 0.497 e. The Bertz CT molecular complexity index is 1470. The molecule has 3 aromatic carbocycles. The van der Waals surface area contributed by atoms with E-state index in [2.05, 4.69) is 5.32 Å². The third-order valence-corrected chi connectivity index (χ3v) is 9.07. The van der Waals surface area contributed by atoms with E-state index in [4.69, 9.17) is 32.7 Å². The van der Waals surface area contributed by atoms with Gasteiger partial charge in [-0.2, -0.15) is 0 Å². The number of benzene rings is 3. The molecule has 0 heterocycles. The summed E-state index contributed by atoms with van der Waals surface area (Å²) in [7, 11) is -1.45. The van der Waals surface area contributed by atoms with Gasteiger partial charge in [0, 0.05) is 34.8 Å². The van der Waals surface area contributed by atoms with E-state index in [0.29, 0.717) is 34.3 Å². The van der Waals surface area contributed by atoms with Crippen molar-refractivity contribution >= 4 is 50.7 Å². The summed E-state index contributed by atoms with van der Waals surface area (Å²) in [6.45, 7) is 3.33. The van der Waals surface area contributed by atoms with E-state index in [1.54, 1.807) is 55.5 Å². The van der Waals surface area contributed by atoms with Gasteiger partial charge in [-0.1, -0.05) is 61.3 Å². The number of methoxy groups -OCH3 is 2. The highest BCUT2D eigenvalue weighted by atomic mass is 35.5. The SMILES string of the molecule is CCCNC(=O)[C@H](CC)N(Cc1c(Cl)cccc1Cl)C(=O)CN(c1cc(OC)ccc1OC)S(=O)(=O)c1ccccc1. The van der Waals surface area contributed by atoms with Crippen molar-refractivity contribution in [3.63, 3.8) is 0 Å². The topological polar surface area (TPSA) is 105 Å². The summed E-state index contributed by atoms with van der Waals surface area (Å²) in [4.78, 5) is 28.8. The van der Waals surface area contributed by atoms with E-state index < -0.39 is 28.5 Å². The van der Waals surface area contributed by atoms with Crippen LogP contribution < -0.4 is 19.1 Å². The Morgan fingerprint density at radius 3 is 2.17 bits per heavy atom. The zero-order valence-electron chi connectivity index (χ0n) is 24.0. The normalized spacial score (nSPS) is 11.9. The standard InChI is InChI=1S/C30H35Cl2N3O6S/c1-5-17-33-30(37)26(6-2)34(19-23-24(31)13-10-14-25(23)32)29(36)20-35(42(38,39)22-11-8-7-9-12-22)27-18-21(40-3)15-16-28(27)41-4/h7-16,18,26H,5-6,17,19-20H2,1-4H3,(H,33,37)/t26-/m0/s1. The maximum absolute atomic E-state index is 14.2. The minimum atomic E-state index is -4.30. The summed E-state index contributed by atoms with van der Waals surface area (Å²) >= 11 is 12.9. The Labute approximate surface area is 257 Å². The molecule has 0 aromatic heterocycles. The average molecular weight is 637 g/mol.